The maximum atomic E-state index is 9.97. The fraction of sp³-hybridized carbons (Fsp3) is 0.625. The highest BCUT2D eigenvalue weighted by atomic mass is 16.3. The highest BCUT2D eigenvalue weighted by Gasteiger charge is 2.21. The van der Waals surface area contributed by atoms with E-state index in [0.29, 0.717) is 11.8 Å². The molecule has 1 fully saturated rings. The highest BCUT2D eigenvalue weighted by molar-refractivity contribution is 5.59. The second-order valence-electron chi connectivity index (χ2n) is 5.69. The molecule has 0 saturated heterocycles. The second-order valence-corrected chi connectivity index (χ2v) is 5.69. The van der Waals surface area contributed by atoms with Gasteiger partial charge in [-0.1, -0.05) is 32.3 Å². The van der Waals surface area contributed by atoms with Gasteiger partial charge < -0.3 is 10.4 Å². The smallest absolute Gasteiger partial charge is 0.123 e. The van der Waals surface area contributed by atoms with Crippen LogP contribution in [0.2, 0.25) is 0 Å². The summed E-state index contributed by atoms with van der Waals surface area (Å²) >= 11 is 0. The Bertz CT molecular complexity index is 414. The fourth-order valence-electron chi connectivity index (χ4n) is 3.00. The molecule has 100 valence electrons. The summed E-state index contributed by atoms with van der Waals surface area (Å²) in [5, 5.41) is 13.6. The number of phenolic OH excluding ortho intramolecular Hbond substituents is 1. The van der Waals surface area contributed by atoms with Crippen molar-refractivity contribution >= 4 is 5.69 Å². The van der Waals surface area contributed by atoms with Crippen LogP contribution in [-0.4, -0.2) is 11.1 Å². The van der Waals surface area contributed by atoms with Crippen molar-refractivity contribution in [2.75, 3.05) is 5.32 Å². The van der Waals surface area contributed by atoms with Gasteiger partial charge in [-0.2, -0.15) is 0 Å². The standard InChI is InChI=1S/C16H25NO/c1-4-13-6-5-7-14(10-13)17-15-9-8-11(2)16(18)12(15)3/h8-9,13-14,17-18H,4-7,10H2,1-3H3. The molecule has 2 unspecified atom stereocenters. The van der Waals surface area contributed by atoms with Crippen molar-refractivity contribution in [3.05, 3.63) is 23.3 Å². The average molecular weight is 247 g/mol. The zero-order valence-corrected chi connectivity index (χ0v) is 11.8. The first-order valence-corrected chi connectivity index (χ1v) is 7.17. The van der Waals surface area contributed by atoms with Gasteiger partial charge in [0.05, 0.1) is 0 Å². The zero-order chi connectivity index (χ0) is 13.1. The second kappa shape index (κ2) is 5.64. The van der Waals surface area contributed by atoms with Crippen molar-refractivity contribution in [3.63, 3.8) is 0 Å². The SMILES string of the molecule is CCC1CCCC(Nc2ccc(C)c(O)c2C)C1. The molecule has 2 rings (SSSR count). The van der Waals surface area contributed by atoms with Gasteiger partial charge in [0, 0.05) is 17.3 Å². The molecular formula is C16H25NO. The number of nitrogens with one attached hydrogen (secondary N) is 1. The van der Waals surface area contributed by atoms with E-state index in [-0.39, 0.29) is 0 Å². The van der Waals surface area contributed by atoms with Gasteiger partial charge in [-0.15, -0.1) is 0 Å². The van der Waals surface area contributed by atoms with E-state index in [0.717, 1.165) is 22.7 Å². The van der Waals surface area contributed by atoms with E-state index in [1.807, 2.05) is 19.9 Å². The molecule has 0 radical (unpaired) electrons. The van der Waals surface area contributed by atoms with Gasteiger partial charge in [-0.3, -0.25) is 0 Å². The van der Waals surface area contributed by atoms with Crippen LogP contribution in [-0.2, 0) is 0 Å². The van der Waals surface area contributed by atoms with Gasteiger partial charge in [0.2, 0.25) is 0 Å². The topological polar surface area (TPSA) is 32.3 Å². The molecule has 18 heavy (non-hydrogen) atoms. The number of rotatable bonds is 3. The molecule has 1 aromatic rings. The monoisotopic (exact) mass is 247 g/mol. The van der Waals surface area contributed by atoms with Crippen LogP contribution >= 0.6 is 0 Å². The van der Waals surface area contributed by atoms with E-state index < -0.39 is 0 Å². The van der Waals surface area contributed by atoms with Crippen LogP contribution in [0.3, 0.4) is 0 Å². The quantitative estimate of drug-likeness (QED) is 0.830. The molecule has 0 spiro atoms. The molecule has 2 nitrogen and oxygen atoms in total. The van der Waals surface area contributed by atoms with Gasteiger partial charge in [0.25, 0.3) is 0 Å². The Labute approximate surface area is 110 Å². The molecule has 0 bridgehead atoms. The third kappa shape index (κ3) is 2.80. The normalized spacial score (nSPS) is 23.9. The summed E-state index contributed by atoms with van der Waals surface area (Å²) in [7, 11) is 0. The van der Waals surface area contributed by atoms with E-state index in [2.05, 4.69) is 18.3 Å². The first-order valence-electron chi connectivity index (χ1n) is 7.17. The average Bonchev–Trinajstić information content (AvgIpc) is 2.40. The summed E-state index contributed by atoms with van der Waals surface area (Å²) in [5.41, 5.74) is 3.03. The zero-order valence-electron chi connectivity index (χ0n) is 11.8. The number of aromatic hydroxyl groups is 1. The molecular weight excluding hydrogens is 222 g/mol. The lowest BCUT2D eigenvalue weighted by molar-refractivity contribution is 0.327. The summed E-state index contributed by atoms with van der Waals surface area (Å²) in [6.07, 6.45) is 6.52. The molecule has 1 aromatic carbocycles. The molecule has 2 N–H and O–H groups in total. The van der Waals surface area contributed by atoms with Crippen LogP contribution in [0, 0.1) is 19.8 Å². The number of aryl methyl sites for hydroxylation is 1. The van der Waals surface area contributed by atoms with Gasteiger partial charge >= 0.3 is 0 Å². The molecule has 1 aliphatic carbocycles. The first kappa shape index (κ1) is 13.3. The Morgan fingerprint density at radius 1 is 1.28 bits per heavy atom. The highest BCUT2D eigenvalue weighted by Crippen LogP contribution is 2.32. The summed E-state index contributed by atoms with van der Waals surface area (Å²) in [4.78, 5) is 0. The van der Waals surface area contributed by atoms with E-state index >= 15 is 0 Å². The fourth-order valence-corrected chi connectivity index (χ4v) is 3.00. The lowest BCUT2D eigenvalue weighted by Gasteiger charge is -2.30. The van der Waals surface area contributed by atoms with Gasteiger partial charge in [-0.25, -0.2) is 0 Å². The van der Waals surface area contributed by atoms with Crippen molar-refractivity contribution in [2.45, 2.75) is 58.9 Å². The van der Waals surface area contributed by atoms with E-state index in [1.165, 1.54) is 32.1 Å². The number of hydrogen-bond donors (Lipinski definition) is 2. The molecule has 2 heteroatoms. The van der Waals surface area contributed by atoms with Crippen molar-refractivity contribution < 1.29 is 5.11 Å². The lowest BCUT2D eigenvalue weighted by atomic mass is 9.84. The van der Waals surface area contributed by atoms with Crippen LogP contribution in [0.4, 0.5) is 5.69 Å². The Hall–Kier alpha value is -1.18. The Morgan fingerprint density at radius 3 is 2.78 bits per heavy atom. The first-order chi connectivity index (χ1) is 8.61. The van der Waals surface area contributed by atoms with Crippen molar-refractivity contribution in [1.82, 2.24) is 0 Å². The predicted molar refractivity (Wildman–Crippen MR) is 77.2 cm³/mol. The van der Waals surface area contributed by atoms with Crippen LogP contribution in [0.1, 0.15) is 50.2 Å². The maximum absolute atomic E-state index is 9.97. The van der Waals surface area contributed by atoms with E-state index in [4.69, 9.17) is 0 Å². The summed E-state index contributed by atoms with van der Waals surface area (Å²) in [6.45, 7) is 6.22. The Morgan fingerprint density at radius 2 is 2.06 bits per heavy atom. The van der Waals surface area contributed by atoms with E-state index in [1.54, 1.807) is 0 Å². The third-order valence-electron chi connectivity index (χ3n) is 4.35. The van der Waals surface area contributed by atoms with Crippen molar-refractivity contribution in [1.29, 1.82) is 0 Å². The minimum absolute atomic E-state index is 0.433. The summed E-state index contributed by atoms with van der Waals surface area (Å²) < 4.78 is 0. The molecule has 0 heterocycles. The number of benzene rings is 1. The van der Waals surface area contributed by atoms with Gasteiger partial charge in [0.15, 0.2) is 0 Å². The molecule has 0 aromatic heterocycles. The Balaban J connectivity index is 2.07. The predicted octanol–water partition coefficient (Wildman–Crippen LogP) is 4.39. The molecule has 1 aliphatic rings. The lowest BCUT2D eigenvalue weighted by Crippen LogP contribution is -2.27. The van der Waals surface area contributed by atoms with Crippen LogP contribution in [0.5, 0.6) is 5.75 Å². The third-order valence-corrected chi connectivity index (χ3v) is 4.35. The van der Waals surface area contributed by atoms with Crippen molar-refractivity contribution in [3.8, 4) is 5.75 Å². The maximum Gasteiger partial charge on any atom is 0.123 e. The molecule has 1 saturated carbocycles. The molecule has 0 aliphatic heterocycles. The molecule has 2 atom stereocenters. The minimum atomic E-state index is 0.433. The van der Waals surface area contributed by atoms with Gasteiger partial charge in [-0.05, 0) is 44.2 Å². The van der Waals surface area contributed by atoms with E-state index in [9.17, 15) is 5.11 Å². The molecule has 0 amide bonds. The number of hydrogen-bond acceptors (Lipinski definition) is 2. The summed E-state index contributed by atoms with van der Waals surface area (Å²) in [5.74, 6) is 1.30. The van der Waals surface area contributed by atoms with Crippen LogP contribution in [0.25, 0.3) is 0 Å². The van der Waals surface area contributed by atoms with Crippen molar-refractivity contribution in [2.24, 2.45) is 5.92 Å². The number of phenols is 1. The van der Waals surface area contributed by atoms with Crippen LogP contribution in [0.15, 0.2) is 12.1 Å². The summed E-state index contributed by atoms with van der Waals surface area (Å²) in [6, 6.07) is 4.66. The number of anilines is 1. The van der Waals surface area contributed by atoms with Gasteiger partial charge in [0.1, 0.15) is 5.75 Å². The largest absolute Gasteiger partial charge is 0.507 e. The Kier molecular flexibility index (Phi) is 4.15. The van der Waals surface area contributed by atoms with Crippen LogP contribution < -0.4 is 5.32 Å². The minimum Gasteiger partial charge on any atom is -0.507 e.